The first kappa shape index (κ1) is 8.74. The van der Waals surface area contributed by atoms with Crippen LogP contribution in [0.2, 0.25) is 0 Å². The van der Waals surface area contributed by atoms with Gasteiger partial charge in [0, 0.05) is 14.1 Å². The second-order valence-corrected chi connectivity index (χ2v) is 3.30. The average molecular weight is 189 g/mol. The van der Waals surface area contributed by atoms with Crippen molar-refractivity contribution in [2.45, 2.75) is 0 Å². The number of hydrogen-bond donors (Lipinski definition) is 0. The highest BCUT2D eigenvalue weighted by molar-refractivity contribution is 5.93. The molecule has 72 valence electrons. The normalized spacial score (nSPS) is 10.4. The lowest BCUT2D eigenvalue weighted by Gasteiger charge is -2.11. The summed E-state index contributed by atoms with van der Waals surface area (Å²) < 4.78 is 1.78. The Labute approximate surface area is 81.8 Å². The zero-order valence-corrected chi connectivity index (χ0v) is 8.14. The molecule has 0 atom stereocenters. The van der Waals surface area contributed by atoms with Gasteiger partial charge in [0.25, 0.3) is 5.91 Å². The Bertz CT molecular complexity index is 473. The van der Waals surface area contributed by atoms with Gasteiger partial charge < -0.3 is 4.90 Å². The van der Waals surface area contributed by atoms with Gasteiger partial charge in [-0.15, -0.1) is 0 Å². The molecule has 14 heavy (non-hydrogen) atoms. The summed E-state index contributed by atoms with van der Waals surface area (Å²) in [6.45, 7) is 0. The molecule has 0 aliphatic carbocycles. The molecular weight excluding hydrogens is 178 g/mol. The van der Waals surface area contributed by atoms with Crippen molar-refractivity contribution in [1.29, 1.82) is 0 Å². The van der Waals surface area contributed by atoms with E-state index < -0.39 is 0 Å². The van der Waals surface area contributed by atoms with Gasteiger partial charge in [0.05, 0.1) is 18.0 Å². The van der Waals surface area contributed by atoms with Crippen molar-refractivity contribution in [3.8, 4) is 0 Å². The molecule has 1 amide bonds. The number of amides is 1. The van der Waals surface area contributed by atoms with Gasteiger partial charge in [0.1, 0.15) is 5.69 Å². The van der Waals surface area contributed by atoms with E-state index in [0.717, 1.165) is 5.52 Å². The van der Waals surface area contributed by atoms with E-state index in [9.17, 15) is 4.79 Å². The number of carbonyl (C=O) groups is 1. The molecule has 0 aliphatic rings. The summed E-state index contributed by atoms with van der Waals surface area (Å²) in [4.78, 5) is 17.3. The van der Waals surface area contributed by atoms with Crippen molar-refractivity contribution in [1.82, 2.24) is 14.3 Å². The maximum atomic E-state index is 11.7. The molecule has 0 fully saturated rings. The number of nitrogens with zero attached hydrogens (tertiary/aromatic N) is 3. The van der Waals surface area contributed by atoms with Crippen molar-refractivity contribution in [2.75, 3.05) is 14.1 Å². The highest BCUT2D eigenvalue weighted by atomic mass is 16.2. The Balaban J connectivity index is 2.62. The molecule has 0 radical (unpaired) electrons. The molecule has 2 heterocycles. The second-order valence-electron chi connectivity index (χ2n) is 3.30. The lowest BCUT2D eigenvalue weighted by Crippen LogP contribution is -2.23. The van der Waals surface area contributed by atoms with Gasteiger partial charge in [0.15, 0.2) is 0 Å². The van der Waals surface area contributed by atoms with Crippen molar-refractivity contribution in [2.24, 2.45) is 0 Å². The largest absolute Gasteiger partial charge is 0.343 e. The van der Waals surface area contributed by atoms with Gasteiger partial charge in [-0.1, -0.05) is 6.07 Å². The van der Waals surface area contributed by atoms with E-state index in [1.165, 1.54) is 0 Å². The Kier molecular flexibility index (Phi) is 1.96. The predicted octanol–water partition coefficient (Wildman–Crippen LogP) is 1.04. The van der Waals surface area contributed by atoms with E-state index in [2.05, 4.69) is 4.98 Å². The standard InChI is InChI=1S/C10H11N3O/c1-12(2)10(14)9-5-3-4-8-6-11-7-13(8)9/h3-7H,1-2H3. The summed E-state index contributed by atoms with van der Waals surface area (Å²) >= 11 is 0. The third kappa shape index (κ3) is 1.25. The van der Waals surface area contributed by atoms with Crippen LogP contribution in [0.3, 0.4) is 0 Å². The van der Waals surface area contributed by atoms with Crippen LogP contribution in [0.15, 0.2) is 30.7 Å². The molecule has 0 aliphatic heterocycles. The fourth-order valence-corrected chi connectivity index (χ4v) is 1.35. The van der Waals surface area contributed by atoms with E-state index in [4.69, 9.17) is 0 Å². The summed E-state index contributed by atoms with van der Waals surface area (Å²) in [7, 11) is 3.47. The molecule has 4 nitrogen and oxygen atoms in total. The molecule has 4 heteroatoms. The first-order chi connectivity index (χ1) is 6.70. The molecular formula is C10H11N3O. The van der Waals surface area contributed by atoms with E-state index in [0.29, 0.717) is 5.69 Å². The Morgan fingerprint density at radius 3 is 2.93 bits per heavy atom. The van der Waals surface area contributed by atoms with Crippen molar-refractivity contribution in [3.05, 3.63) is 36.4 Å². The topological polar surface area (TPSA) is 37.6 Å². The van der Waals surface area contributed by atoms with Gasteiger partial charge in [-0.05, 0) is 12.1 Å². The molecule has 2 aromatic rings. The SMILES string of the molecule is CN(C)C(=O)c1cccc2cncn12. The fraction of sp³-hybridized carbons (Fsp3) is 0.200. The van der Waals surface area contributed by atoms with Gasteiger partial charge in [-0.2, -0.15) is 0 Å². The minimum absolute atomic E-state index is 0.0198. The number of hydrogen-bond acceptors (Lipinski definition) is 2. The molecule has 0 saturated heterocycles. The smallest absolute Gasteiger partial charge is 0.270 e. The molecule has 0 bridgehead atoms. The van der Waals surface area contributed by atoms with Crippen LogP contribution < -0.4 is 0 Å². The van der Waals surface area contributed by atoms with Crippen LogP contribution >= 0.6 is 0 Å². The number of pyridine rings is 1. The lowest BCUT2D eigenvalue weighted by atomic mass is 10.3. The summed E-state index contributed by atoms with van der Waals surface area (Å²) in [5.41, 5.74) is 1.56. The molecule has 0 unspecified atom stereocenters. The number of rotatable bonds is 1. The summed E-state index contributed by atoms with van der Waals surface area (Å²) in [6.07, 6.45) is 3.37. The van der Waals surface area contributed by atoms with E-state index in [-0.39, 0.29) is 5.91 Å². The number of imidazole rings is 1. The number of fused-ring (bicyclic) bond motifs is 1. The zero-order valence-electron chi connectivity index (χ0n) is 8.14. The van der Waals surface area contributed by atoms with Crippen molar-refractivity contribution in [3.63, 3.8) is 0 Å². The molecule has 0 spiro atoms. The number of aromatic nitrogens is 2. The van der Waals surface area contributed by atoms with Gasteiger partial charge in [-0.3, -0.25) is 9.20 Å². The highest BCUT2D eigenvalue weighted by Crippen LogP contribution is 2.08. The molecule has 0 saturated carbocycles. The summed E-state index contributed by atoms with van der Waals surface area (Å²) in [6, 6.07) is 5.56. The van der Waals surface area contributed by atoms with E-state index in [1.54, 1.807) is 42.0 Å². The van der Waals surface area contributed by atoms with Gasteiger partial charge >= 0.3 is 0 Å². The zero-order chi connectivity index (χ0) is 10.1. The Morgan fingerprint density at radius 2 is 2.21 bits per heavy atom. The minimum atomic E-state index is -0.0198. The molecule has 2 aromatic heterocycles. The lowest BCUT2D eigenvalue weighted by molar-refractivity contribution is 0.0820. The van der Waals surface area contributed by atoms with Crippen LogP contribution in [0, 0.1) is 0 Å². The maximum absolute atomic E-state index is 11.7. The van der Waals surface area contributed by atoms with Crippen LogP contribution in [0.5, 0.6) is 0 Å². The maximum Gasteiger partial charge on any atom is 0.270 e. The molecule has 0 N–H and O–H groups in total. The van der Waals surface area contributed by atoms with Gasteiger partial charge in [0.2, 0.25) is 0 Å². The fourth-order valence-electron chi connectivity index (χ4n) is 1.35. The van der Waals surface area contributed by atoms with E-state index in [1.807, 2.05) is 12.1 Å². The van der Waals surface area contributed by atoms with Crippen LogP contribution in [0.4, 0.5) is 0 Å². The van der Waals surface area contributed by atoms with Crippen LogP contribution in [-0.4, -0.2) is 34.3 Å². The minimum Gasteiger partial charge on any atom is -0.343 e. The number of carbonyl (C=O) groups excluding carboxylic acids is 1. The van der Waals surface area contributed by atoms with Crippen molar-refractivity contribution >= 4 is 11.4 Å². The van der Waals surface area contributed by atoms with Crippen LogP contribution in [-0.2, 0) is 0 Å². The van der Waals surface area contributed by atoms with Gasteiger partial charge in [-0.25, -0.2) is 4.98 Å². The predicted molar refractivity (Wildman–Crippen MR) is 53.2 cm³/mol. The van der Waals surface area contributed by atoms with E-state index >= 15 is 0 Å². The van der Waals surface area contributed by atoms with Crippen LogP contribution in [0.1, 0.15) is 10.5 Å². The summed E-state index contributed by atoms with van der Waals surface area (Å²) in [5.74, 6) is -0.0198. The summed E-state index contributed by atoms with van der Waals surface area (Å²) in [5, 5.41) is 0. The van der Waals surface area contributed by atoms with Crippen molar-refractivity contribution < 1.29 is 4.79 Å². The third-order valence-electron chi connectivity index (χ3n) is 2.07. The van der Waals surface area contributed by atoms with Crippen LogP contribution in [0.25, 0.3) is 5.52 Å². The average Bonchev–Trinajstić information content (AvgIpc) is 2.63. The second kappa shape index (κ2) is 3.14. The first-order valence-corrected chi connectivity index (χ1v) is 4.33. The molecule has 2 rings (SSSR count). The monoisotopic (exact) mass is 189 g/mol. The molecule has 0 aromatic carbocycles. The highest BCUT2D eigenvalue weighted by Gasteiger charge is 2.10. The third-order valence-corrected chi connectivity index (χ3v) is 2.07. The Morgan fingerprint density at radius 1 is 1.43 bits per heavy atom. The quantitative estimate of drug-likeness (QED) is 0.672. The first-order valence-electron chi connectivity index (χ1n) is 4.33. The Hall–Kier alpha value is -1.84.